The lowest BCUT2D eigenvalue weighted by molar-refractivity contribution is 0.0942. The summed E-state index contributed by atoms with van der Waals surface area (Å²) in [4.78, 5) is 13.4. The molecular weight excluding hydrogens is 454 g/mol. The third kappa shape index (κ3) is 5.22. The van der Waals surface area contributed by atoms with Crippen molar-refractivity contribution >= 4 is 17.9 Å². The molecule has 6 rings (SSSR count). The molecule has 0 bridgehead atoms. The number of ether oxygens (including phenoxy) is 1. The van der Waals surface area contributed by atoms with E-state index in [1.54, 1.807) is 7.11 Å². The minimum absolute atomic E-state index is 0.0899. The van der Waals surface area contributed by atoms with Crippen LogP contribution < -0.4 is 20.5 Å². The fourth-order valence-electron chi connectivity index (χ4n) is 5.47. The quantitative estimate of drug-likeness (QED) is 0.456. The summed E-state index contributed by atoms with van der Waals surface area (Å²) in [5.41, 5.74) is 6.14. The lowest BCUT2D eigenvalue weighted by Gasteiger charge is -2.27. The molecule has 0 saturated carbocycles. The number of ketones is 1. The Morgan fingerprint density at radius 3 is 2.38 bits per heavy atom. The molecule has 3 nitrogen and oxygen atoms in total. The molecule has 3 aromatic carbocycles. The van der Waals surface area contributed by atoms with Crippen molar-refractivity contribution in [2.45, 2.75) is 32.1 Å². The zero-order valence-corrected chi connectivity index (χ0v) is 21.5. The molecular formula is C34H33NO2. The Morgan fingerprint density at radius 1 is 0.892 bits per heavy atom. The van der Waals surface area contributed by atoms with E-state index in [-0.39, 0.29) is 11.7 Å². The van der Waals surface area contributed by atoms with E-state index in [0.29, 0.717) is 5.92 Å². The number of methoxy groups -OCH3 is 1. The maximum Gasteiger partial charge on any atom is 0.169 e. The second-order valence-corrected chi connectivity index (χ2v) is 9.57. The smallest absolute Gasteiger partial charge is 0.169 e. The van der Waals surface area contributed by atoms with E-state index in [0.717, 1.165) is 30.6 Å². The Balaban J connectivity index is 0.000000348. The zero-order chi connectivity index (χ0) is 25.6. The number of fused-ring (bicyclic) bond motifs is 5. The maximum absolute atomic E-state index is 13.4. The molecule has 2 aliphatic carbocycles. The minimum atomic E-state index is -0.0899. The van der Waals surface area contributed by atoms with Gasteiger partial charge in [0.2, 0.25) is 0 Å². The SMILES string of the molecule is C1=CC=CNC=C1.CCC1CC(C(=O)c2ccc(OC)cc2)C=c2c1ccc1c2=CCc2ccccc2-1. The second-order valence-electron chi connectivity index (χ2n) is 9.57. The van der Waals surface area contributed by atoms with Gasteiger partial charge >= 0.3 is 0 Å². The highest BCUT2D eigenvalue weighted by Crippen LogP contribution is 2.33. The first kappa shape index (κ1) is 24.6. The number of allylic oxidation sites excluding steroid dienone is 4. The molecule has 1 N–H and O–H groups in total. The molecule has 0 aromatic heterocycles. The van der Waals surface area contributed by atoms with E-state index in [4.69, 9.17) is 4.74 Å². The van der Waals surface area contributed by atoms with Crippen LogP contribution in [0.1, 0.15) is 47.2 Å². The molecule has 186 valence electrons. The monoisotopic (exact) mass is 487 g/mol. The molecule has 1 aliphatic heterocycles. The molecule has 0 spiro atoms. The van der Waals surface area contributed by atoms with Gasteiger partial charge in [-0.05, 0) is 94.3 Å². The van der Waals surface area contributed by atoms with Gasteiger partial charge in [0.25, 0.3) is 0 Å². The lowest BCUT2D eigenvalue weighted by atomic mass is 9.76. The summed E-state index contributed by atoms with van der Waals surface area (Å²) in [6, 6.07) is 20.7. The van der Waals surface area contributed by atoms with E-state index in [1.807, 2.05) is 61.0 Å². The number of hydrogen-bond acceptors (Lipinski definition) is 3. The van der Waals surface area contributed by atoms with Crippen LogP contribution in [0.2, 0.25) is 0 Å². The van der Waals surface area contributed by atoms with Crippen LogP contribution in [0.4, 0.5) is 0 Å². The van der Waals surface area contributed by atoms with Crippen LogP contribution in [-0.4, -0.2) is 12.9 Å². The van der Waals surface area contributed by atoms with E-state index in [2.05, 4.69) is 60.8 Å². The first-order chi connectivity index (χ1) is 18.2. The average Bonchev–Trinajstić information content (AvgIpc) is 3.29. The van der Waals surface area contributed by atoms with E-state index >= 15 is 0 Å². The van der Waals surface area contributed by atoms with Gasteiger partial charge in [0.1, 0.15) is 5.75 Å². The topological polar surface area (TPSA) is 38.3 Å². The lowest BCUT2D eigenvalue weighted by Crippen LogP contribution is -2.38. The van der Waals surface area contributed by atoms with Crippen LogP contribution in [-0.2, 0) is 6.42 Å². The van der Waals surface area contributed by atoms with Crippen molar-refractivity contribution in [3.05, 3.63) is 124 Å². The molecule has 0 amide bonds. The third-order valence-corrected chi connectivity index (χ3v) is 7.42. The summed E-state index contributed by atoms with van der Waals surface area (Å²) in [6.45, 7) is 2.23. The predicted molar refractivity (Wildman–Crippen MR) is 153 cm³/mol. The molecule has 3 aliphatic rings. The van der Waals surface area contributed by atoms with Crippen molar-refractivity contribution in [2.75, 3.05) is 7.11 Å². The number of Topliss-reactive ketones (excluding diaryl/α,β-unsaturated/α-hetero) is 1. The van der Waals surface area contributed by atoms with Crippen molar-refractivity contribution in [2.24, 2.45) is 5.92 Å². The van der Waals surface area contributed by atoms with Gasteiger partial charge in [-0.15, -0.1) is 0 Å². The predicted octanol–water partition coefficient (Wildman–Crippen LogP) is 6.05. The van der Waals surface area contributed by atoms with Crippen LogP contribution in [0.15, 0.2) is 97.4 Å². The average molecular weight is 488 g/mol. The van der Waals surface area contributed by atoms with Gasteiger partial charge in [0.15, 0.2) is 5.78 Å². The molecule has 0 fully saturated rings. The van der Waals surface area contributed by atoms with E-state index in [1.165, 1.54) is 32.7 Å². The van der Waals surface area contributed by atoms with Gasteiger partial charge in [-0.25, -0.2) is 0 Å². The molecule has 3 aromatic rings. The fourth-order valence-corrected chi connectivity index (χ4v) is 5.47. The van der Waals surface area contributed by atoms with Crippen molar-refractivity contribution in [1.29, 1.82) is 0 Å². The van der Waals surface area contributed by atoms with Crippen molar-refractivity contribution < 1.29 is 9.53 Å². The summed E-state index contributed by atoms with van der Waals surface area (Å²) in [6.07, 6.45) is 19.0. The highest BCUT2D eigenvalue weighted by Gasteiger charge is 2.28. The molecule has 37 heavy (non-hydrogen) atoms. The molecule has 0 saturated heterocycles. The summed E-state index contributed by atoms with van der Waals surface area (Å²) < 4.78 is 5.24. The fraction of sp³-hybridized carbons (Fsp3) is 0.206. The number of carbonyl (C=O) groups is 1. The highest BCUT2D eigenvalue weighted by molar-refractivity contribution is 6.01. The maximum atomic E-state index is 13.4. The Kier molecular flexibility index (Phi) is 7.51. The number of benzene rings is 3. The summed E-state index contributed by atoms with van der Waals surface area (Å²) >= 11 is 0. The van der Waals surface area contributed by atoms with Gasteiger partial charge in [-0.3, -0.25) is 4.79 Å². The molecule has 2 unspecified atom stereocenters. The number of rotatable bonds is 4. The largest absolute Gasteiger partial charge is 0.497 e. The number of nitrogens with one attached hydrogen (secondary N) is 1. The Morgan fingerprint density at radius 2 is 1.65 bits per heavy atom. The van der Waals surface area contributed by atoms with E-state index in [9.17, 15) is 4.79 Å². The van der Waals surface area contributed by atoms with Gasteiger partial charge in [-0.1, -0.05) is 67.6 Å². The normalized spacial score (nSPS) is 18.3. The van der Waals surface area contributed by atoms with Crippen molar-refractivity contribution in [1.82, 2.24) is 5.32 Å². The molecule has 1 heterocycles. The van der Waals surface area contributed by atoms with Crippen LogP contribution in [0.25, 0.3) is 23.3 Å². The van der Waals surface area contributed by atoms with Crippen molar-refractivity contribution in [3.63, 3.8) is 0 Å². The van der Waals surface area contributed by atoms with Crippen LogP contribution in [0.3, 0.4) is 0 Å². The highest BCUT2D eigenvalue weighted by atomic mass is 16.5. The standard InChI is InChI=1S/C28H26O2.C6H7N/c1-3-18-16-21(28(29)20-8-11-22(30-2)12-9-20)17-27-24(18)14-15-25-23-7-5-4-6-19(23)10-13-26(25)27;1-2-4-6-7-5-3-1/h4-9,11-15,17-18,21H,3,10,16H2,1-2H3;1-7H. The minimum Gasteiger partial charge on any atom is -0.497 e. The first-order valence-corrected chi connectivity index (χ1v) is 13.1. The third-order valence-electron chi connectivity index (χ3n) is 7.42. The zero-order valence-electron chi connectivity index (χ0n) is 21.5. The summed E-state index contributed by atoms with van der Waals surface area (Å²) in [5.74, 6) is 1.30. The van der Waals surface area contributed by atoms with Gasteiger partial charge in [0, 0.05) is 23.9 Å². The molecule has 2 atom stereocenters. The van der Waals surface area contributed by atoms with Gasteiger partial charge in [0.05, 0.1) is 7.11 Å². The van der Waals surface area contributed by atoms with Crippen molar-refractivity contribution in [3.8, 4) is 16.9 Å². The number of hydrogen-bond donors (Lipinski definition) is 1. The number of carbonyl (C=O) groups excluding carboxylic acids is 1. The summed E-state index contributed by atoms with van der Waals surface area (Å²) in [5, 5.41) is 5.50. The molecule has 3 heteroatoms. The van der Waals surface area contributed by atoms with E-state index < -0.39 is 0 Å². The Bertz CT molecular complexity index is 1480. The Hall–Kier alpha value is -4.11. The first-order valence-electron chi connectivity index (χ1n) is 13.1. The van der Waals surface area contributed by atoms with Crippen LogP contribution in [0, 0.1) is 5.92 Å². The van der Waals surface area contributed by atoms with Crippen LogP contribution >= 0.6 is 0 Å². The molecule has 0 radical (unpaired) electrons. The second kappa shape index (κ2) is 11.3. The van der Waals surface area contributed by atoms with Gasteiger partial charge < -0.3 is 10.1 Å². The van der Waals surface area contributed by atoms with Crippen LogP contribution in [0.5, 0.6) is 5.75 Å². The van der Waals surface area contributed by atoms with Gasteiger partial charge in [-0.2, -0.15) is 0 Å². The Labute approximate surface area is 219 Å². The summed E-state index contributed by atoms with van der Waals surface area (Å²) in [7, 11) is 1.65.